The maximum atomic E-state index is 13.8. The summed E-state index contributed by atoms with van der Waals surface area (Å²) < 4.78 is 11.3. The number of rotatable bonds is 10. The van der Waals surface area contributed by atoms with Crippen molar-refractivity contribution in [3.05, 3.63) is 59.4 Å². The van der Waals surface area contributed by atoms with E-state index in [2.05, 4.69) is 27.4 Å². The molecule has 2 amide bonds. The Morgan fingerprint density at radius 2 is 2.05 bits per heavy atom. The third-order valence-electron chi connectivity index (χ3n) is 7.46. The molecule has 2 aromatic heterocycles. The Hall–Kier alpha value is -3.54. The number of β-amino-alcohol motifs (C(OH)–C–C–N with tert-alkyl or cyclic N) is 1. The molecule has 10 nitrogen and oxygen atoms in total. The molecule has 1 aromatic carbocycles. The van der Waals surface area contributed by atoms with E-state index in [1.807, 2.05) is 50.5 Å². The SMILES string of the molecule is C=C(NC(=O)[C@@H]1C[C@@H](O)CN1C(=O)[C@@H](c1cc(OCC2CNC2)no1)C(C)C)c1ccc(-c2scnc2C)cc1. The highest BCUT2D eigenvalue weighted by atomic mass is 32.1. The van der Waals surface area contributed by atoms with Gasteiger partial charge in [-0.2, -0.15) is 0 Å². The van der Waals surface area contributed by atoms with E-state index in [-0.39, 0.29) is 24.8 Å². The highest BCUT2D eigenvalue weighted by Gasteiger charge is 2.43. The summed E-state index contributed by atoms with van der Waals surface area (Å²) >= 11 is 1.57. The highest BCUT2D eigenvalue weighted by Crippen LogP contribution is 2.33. The minimum atomic E-state index is -0.843. The molecule has 11 heteroatoms. The molecule has 0 radical (unpaired) electrons. The van der Waals surface area contributed by atoms with Gasteiger partial charge in [-0.1, -0.05) is 44.7 Å². The second-order valence-corrected chi connectivity index (χ2v) is 11.7. The van der Waals surface area contributed by atoms with Crippen molar-refractivity contribution in [2.45, 2.75) is 45.3 Å². The molecule has 3 N–H and O–H groups in total. The first-order valence-corrected chi connectivity index (χ1v) is 14.4. The molecule has 40 heavy (non-hydrogen) atoms. The van der Waals surface area contributed by atoms with Crippen molar-refractivity contribution in [2.24, 2.45) is 11.8 Å². The Morgan fingerprint density at radius 3 is 2.67 bits per heavy atom. The molecular formula is C29H35N5O5S. The molecule has 0 spiro atoms. The van der Waals surface area contributed by atoms with E-state index in [1.54, 1.807) is 17.4 Å². The smallest absolute Gasteiger partial charge is 0.254 e. The van der Waals surface area contributed by atoms with E-state index in [0.29, 0.717) is 29.9 Å². The lowest BCUT2D eigenvalue weighted by Crippen LogP contribution is -2.47. The third-order valence-corrected chi connectivity index (χ3v) is 8.44. The second kappa shape index (κ2) is 11.9. The molecule has 0 aliphatic carbocycles. The van der Waals surface area contributed by atoms with Gasteiger partial charge < -0.3 is 29.9 Å². The predicted molar refractivity (Wildman–Crippen MR) is 152 cm³/mol. The van der Waals surface area contributed by atoms with E-state index in [4.69, 9.17) is 9.26 Å². The van der Waals surface area contributed by atoms with Crippen molar-refractivity contribution < 1.29 is 24.0 Å². The van der Waals surface area contributed by atoms with Gasteiger partial charge in [0.15, 0.2) is 5.76 Å². The number of thiazole rings is 1. The van der Waals surface area contributed by atoms with Crippen molar-refractivity contribution in [1.82, 2.24) is 25.7 Å². The van der Waals surface area contributed by atoms with Crippen molar-refractivity contribution >= 4 is 28.8 Å². The monoisotopic (exact) mass is 565 g/mol. The molecular weight excluding hydrogens is 530 g/mol. The lowest BCUT2D eigenvalue weighted by Gasteiger charge is -2.28. The van der Waals surface area contributed by atoms with Crippen LogP contribution in [0.15, 0.2) is 46.9 Å². The van der Waals surface area contributed by atoms with Crippen LogP contribution in [0.4, 0.5) is 0 Å². The van der Waals surface area contributed by atoms with Gasteiger partial charge in [-0.15, -0.1) is 11.3 Å². The number of nitrogens with zero attached hydrogens (tertiary/aromatic N) is 3. The van der Waals surface area contributed by atoms with Crippen LogP contribution in [0, 0.1) is 18.8 Å². The van der Waals surface area contributed by atoms with Crippen LogP contribution >= 0.6 is 11.3 Å². The van der Waals surface area contributed by atoms with Gasteiger partial charge >= 0.3 is 0 Å². The van der Waals surface area contributed by atoms with Crippen molar-refractivity contribution in [3.8, 4) is 16.3 Å². The van der Waals surface area contributed by atoms with Crippen LogP contribution in [-0.4, -0.2) is 70.3 Å². The quantitative estimate of drug-likeness (QED) is 0.342. The van der Waals surface area contributed by atoms with Gasteiger partial charge in [-0.25, -0.2) is 4.98 Å². The summed E-state index contributed by atoms with van der Waals surface area (Å²) in [6.07, 6.45) is -0.674. The zero-order valence-corrected chi connectivity index (χ0v) is 23.7. The fourth-order valence-corrected chi connectivity index (χ4v) is 5.89. The number of aromatic nitrogens is 2. The number of likely N-dealkylation sites (tertiary alicyclic amines) is 1. The molecule has 212 valence electrons. The van der Waals surface area contributed by atoms with Crippen LogP contribution in [-0.2, 0) is 9.59 Å². The first-order valence-electron chi connectivity index (χ1n) is 13.5. The number of benzene rings is 1. The van der Waals surface area contributed by atoms with E-state index >= 15 is 0 Å². The molecule has 5 rings (SSSR count). The first kappa shape index (κ1) is 28.0. The van der Waals surface area contributed by atoms with Crippen LogP contribution < -0.4 is 15.4 Å². The minimum Gasteiger partial charge on any atom is -0.475 e. The van der Waals surface area contributed by atoms with Crippen LogP contribution in [0.5, 0.6) is 5.88 Å². The van der Waals surface area contributed by atoms with Crippen LogP contribution in [0.1, 0.15) is 43.2 Å². The maximum absolute atomic E-state index is 13.8. The largest absolute Gasteiger partial charge is 0.475 e. The summed E-state index contributed by atoms with van der Waals surface area (Å²) in [5.41, 5.74) is 5.00. The topological polar surface area (TPSA) is 130 Å². The predicted octanol–water partition coefficient (Wildman–Crippen LogP) is 3.19. The lowest BCUT2D eigenvalue weighted by molar-refractivity contribution is -0.140. The summed E-state index contributed by atoms with van der Waals surface area (Å²) in [6.45, 7) is 12.2. The Bertz CT molecular complexity index is 1360. The number of aryl methyl sites for hydroxylation is 1. The van der Waals surface area contributed by atoms with Crippen molar-refractivity contribution in [1.29, 1.82) is 0 Å². The summed E-state index contributed by atoms with van der Waals surface area (Å²) in [6, 6.07) is 8.52. The number of carbonyl (C=O) groups excluding carboxylic acids is 2. The molecule has 2 aliphatic heterocycles. The minimum absolute atomic E-state index is 0.0572. The molecule has 4 heterocycles. The maximum Gasteiger partial charge on any atom is 0.254 e. The summed E-state index contributed by atoms with van der Waals surface area (Å²) in [4.78, 5) is 34.0. The van der Waals surface area contributed by atoms with Gasteiger partial charge in [-0.05, 0) is 29.1 Å². The highest BCUT2D eigenvalue weighted by molar-refractivity contribution is 7.13. The van der Waals surface area contributed by atoms with E-state index in [9.17, 15) is 14.7 Å². The fraction of sp³-hybridized carbons (Fsp3) is 0.448. The number of hydrogen-bond acceptors (Lipinski definition) is 9. The average molecular weight is 566 g/mol. The fourth-order valence-electron chi connectivity index (χ4n) is 5.08. The number of carbonyl (C=O) groups is 2. The van der Waals surface area contributed by atoms with Gasteiger partial charge in [0, 0.05) is 43.7 Å². The van der Waals surface area contributed by atoms with Crippen LogP contribution in [0.25, 0.3) is 16.1 Å². The zero-order chi connectivity index (χ0) is 28.4. The lowest BCUT2D eigenvalue weighted by atomic mass is 9.91. The normalized spacial score (nSPS) is 19.9. The molecule has 0 unspecified atom stereocenters. The number of ether oxygens (including phenoxy) is 1. The number of aliphatic hydroxyl groups is 1. The number of amides is 2. The Kier molecular flexibility index (Phi) is 8.34. The number of aliphatic hydroxyl groups excluding tert-OH is 1. The van der Waals surface area contributed by atoms with Crippen LogP contribution in [0.3, 0.4) is 0 Å². The summed E-state index contributed by atoms with van der Waals surface area (Å²) in [5.74, 6) is -0.360. The molecule has 2 aliphatic rings. The Balaban J connectivity index is 1.26. The first-order chi connectivity index (χ1) is 19.2. The Morgan fingerprint density at radius 1 is 1.30 bits per heavy atom. The number of hydrogen-bond donors (Lipinski definition) is 3. The van der Waals surface area contributed by atoms with Crippen molar-refractivity contribution in [2.75, 3.05) is 26.2 Å². The molecule has 2 saturated heterocycles. The Labute approximate surface area is 237 Å². The number of nitrogens with one attached hydrogen (secondary N) is 2. The van der Waals surface area contributed by atoms with E-state index in [0.717, 1.165) is 34.8 Å². The van der Waals surface area contributed by atoms with Gasteiger partial charge in [0.2, 0.25) is 11.8 Å². The zero-order valence-electron chi connectivity index (χ0n) is 22.9. The van der Waals surface area contributed by atoms with Gasteiger partial charge in [0.05, 0.1) is 28.8 Å². The molecule has 0 saturated carbocycles. The summed E-state index contributed by atoms with van der Waals surface area (Å²) in [5, 5.41) is 20.5. The van der Waals surface area contributed by atoms with E-state index < -0.39 is 24.0 Å². The van der Waals surface area contributed by atoms with Crippen LogP contribution in [0.2, 0.25) is 0 Å². The molecule has 0 bridgehead atoms. The molecule has 3 aromatic rings. The average Bonchev–Trinajstić information content (AvgIpc) is 3.63. The van der Waals surface area contributed by atoms with E-state index in [1.165, 1.54) is 4.90 Å². The summed E-state index contributed by atoms with van der Waals surface area (Å²) in [7, 11) is 0. The van der Waals surface area contributed by atoms with Gasteiger partial charge in [0.25, 0.3) is 5.88 Å². The second-order valence-electron chi connectivity index (χ2n) is 10.8. The molecule has 3 atom stereocenters. The van der Waals surface area contributed by atoms with Gasteiger partial charge in [-0.3, -0.25) is 9.59 Å². The molecule has 2 fully saturated rings. The van der Waals surface area contributed by atoms with Crippen molar-refractivity contribution in [3.63, 3.8) is 0 Å². The standard InChI is InChI=1S/C29H35N5O5S/c1-16(2)26(24-10-25(33-39-24)38-14-19-11-30-12-19)29(37)34-13-22(35)9-23(34)28(36)32-17(3)20-5-7-21(8-6-20)27-18(4)31-15-40-27/h5-8,10,15-16,19,22-23,26,30,35H,3,9,11-14H2,1-2,4H3,(H,32,36)/t22-,23+,26-/m1/s1. The third kappa shape index (κ3) is 5.96. The van der Waals surface area contributed by atoms with Gasteiger partial charge in [0.1, 0.15) is 12.0 Å².